The smallest absolute Gasteiger partial charge is 0.224 e. The molecule has 0 N–H and O–H groups in total. The second kappa shape index (κ2) is 7.17. The molecule has 0 aliphatic rings. The molecule has 2 nitrogen and oxygen atoms in total. The van der Waals surface area contributed by atoms with Gasteiger partial charge in [0.2, 0.25) is 5.91 Å². The first-order valence-electron chi connectivity index (χ1n) is 4.03. The lowest BCUT2D eigenvalue weighted by Gasteiger charge is -2.18. The summed E-state index contributed by atoms with van der Waals surface area (Å²) in [7, 11) is 0. The molecule has 68 valence electrons. The summed E-state index contributed by atoms with van der Waals surface area (Å²) < 4.78 is 0. The minimum absolute atomic E-state index is 0.131. The molecule has 0 saturated carbocycles. The van der Waals surface area contributed by atoms with E-state index in [0.29, 0.717) is 18.3 Å². The minimum Gasteiger partial charge on any atom is -0.332 e. The van der Waals surface area contributed by atoms with Crippen molar-refractivity contribution in [1.82, 2.24) is 4.90 Å². The lowest BCUT2D eigenvalue weighted by atomic mass is 10.3. The van der Waals surface area contributed by atoms with Crippen molar-refractivity contribution >= 4 is 21.8 Å². The summed E-state index contributed by atoms with van der Waals surface area (Å²) in [5.41, 5.74) is 0. The molecule has 1 amide bonds. The number of carbonyl (C=O) groups is 1. The second-order valence-corrected chi connectivity index (χ2v) is 3.25. The van der Waals surface area contributed by atoms with Crippen molar-refractivity contribution in [1.29, 1.82) is 0 Å². The van der Waals surface area contributed by atoms with Gasteiger partial charge in [0, 0.05) is 18.3 Å². The van der Waals surface area contributed by atoms with Crippen LogP contribution in [-0.4, -0.2) is 29.2 Å². The largest absolute Gasteiger partial charge is 0.332 e. The molecular formula is C9H14BrNO. The quantitative estimate of drug-likeness (QED) is 0.521. The molecule has 0 aliphatic heterocycles. The Morgan fingerprint density at radius 1 is 1.67 bits per heavy atom. The van der Waals surface area contributed by atoms with Gasteiger partial charge in [-0.1, -0.05) is 28.8 Å². The Hall–Kier alpha value is -0.490. The van der Waals surface area contributed by atoms with Crippen LogP contribution in [0.4, 0.5) is 0 Å². The molecule has 0 unspecified atom stereocenters. The van der Waals surface area contributed by atoms with Gasteiger partial charge in [-0.3, -0.25) is 4.79 Å². The first-order chi connectivity index (χ1) is 5.76. The lowest BCUT2D eigenvalue weighted by Crippen LogP contribution is -2.32. The number of halogens is 1. The Labute approximate surface area is 82.4 Å². The first kappa shape index (κ1) is 11.5. The Morgan fingerprint density at radius 3 is 2.75 bits per heavy atom. The van der Waals surface area contributed by atoms with Crippen molar-refractivity contribution < 1.29 is 4.79 Å². The summed E-state index contributed by atoms with van der Waals surface area (Å²) in [6, 6.07) is 0. The van der Waals surface area contributed by atoms with Gasteiger partial charge in [-0.05, 0) is 6.42 Å². The minimum atomic E-state index is 0.131. The second-order valence-electron chi connectivity index (χ2n) is 2.46. The average Bonchev–Trinajstić information content (AvgIpc) is 2.04. The molecule has 3 heteroatoms. The normalized spacial score (nSPS) is 9.08. The highest BCUT2D eigenvalue weighted by Crippen LogP contribution is 1.98. The van der Waals surface area contributed by atoms with Crippen molar-refractivity contribution in [2.75, 3.05) is 18.4 Å². The van der Waals surface area contributed by atoms with Gasteiger partial charge in [0.1, 0.15) is 0 Å². The van der Waals surface area contributed by atoms with Crippen molar-refractivity contribution in [3.05, 3.63) is 0 Å². The predicted molar refractivity (Wildman–Crippen MR) is 54.1 cm³/mol. The Balaban J connectivity index is 3.92. The fourth-order valence-electron chi connectivity index (χ4n) is 0.911. The number of carbonyl (C=O) groups excluding carboxylic acids is 1. The summed E-state index contributed by atoms with van der Waals surface area (Å²) >= 11 is 3.22. The van der Waals surface area contributed by atoms with Crippen molar-refractivity contribution in [3.8, 4) is 12.3 Å². The van der Waals surface area contributed by atoms with E-state index in [-0.39, 0.29) is 5.91 Å². The molecule has 0 aliphatic carbocycles. The molecule has 0 saturated heterocycles. The molecule has 0 atom stereocenters. The Bertz CT molecular complexity index is 174. The molecule has 0 bridgehead atoms. The van der Waals surface area contributed by atoms with Gasteiger partial charge in [0.05, 0.1) is 6.54 Å². The molecular weight excluding hydrogens is 218 g/mol. The fourth-order valence-corrected chi connectivity index (χ4v) is 1.25. The van der Waals surface area contributed by atoms with Gasteiger partial charge in [-0.15, -0.1) is 6.42 Å². The van der Waals surface area contributed by atoms with E-state index in [1.807, 2.05) is 6.92 Å². The van der Waals surface area contributed by atoms with E-state index in [1.165, 1.54) is 0 Å². The fraction of sp³-hybridized carbons (Fsp3) is 0.667. The predicted octanol–water partition coefficient (Wildman–Crippen LogP) is 1.64. The number of amides is 1. The van der Waals surface area contributed by atoms with Crippen LogP contribution in [-0.2, 0) is 4.79 Å². The van der Waals surface area contributed by atoms with E-state index < -0.39 is 0 Å². The summed E-state index contributed by atoms with van der Waals surface area (Å²) in [6.07, 6.45) is 6.62. The number of hydrogen-bond donors (Lipinski definition) is 0. The molecule has 0 aromatic carbocycles. The average molecular weight is 232 g/mol. The maximum atomic E-state index is 11.3. The van der Waals surface area contributed by atoms with Gasteiger partial charge in [-0.2, -0.15) is 0 Å². The highest BCUT2D eigenvalue weighted by Gasteiger charge is 2.09. The molecule has 0 fully saturated rings. The molecule has 0 aromatic rings. The number of terminal acetylenes is 1. The molecule has 12 heavy (non-hydrogen) atoms. The third-order valence-corrected chi connectivity index (χ3v) is 1.83. The Morgan fingerprint density at radius 2 is 2.33 bits per heavy atom. The maximum absolute atomic E-state index is 11.3. The zero-order valence-corrected chi connectivity index (χ0v) is 8.93. The van der Waals surface area contributed by atoms with Crippen LogP contribution < -0.4 is 0 Å². The zero-order valence-electron chi connectivity index (χ0n) is 7.35. The molecule has 0 spiro atoms. The maximum Gasteiger partial charge on any atom is 0.224 e. The van der Waals surface area contributed by atoms with Crippen molar-refractivity contribution in [3.63, 3.8) is 0 Å². The number of alkyl halides is 1. The van der Waals surface area contributed by atoms with Crippen molar-refractivity contribution in [2.45, 2.75) is 19.8 Å². The van der Waals surface area contributed by atoms with Gasteiger partial charge in [0.25, 0.3) is 0 Å². The number of nitrogens with zero attached hydrogens (tertiary/aromatic N) is 1. The van der Waals surface area contributed by atoms with E-state index in [2.05, 4.69) is 21.9 Å². The van der Waals surface area contributed by atoms with E-state index in [1.54, 1.807) is 4.90 Å². The van der Waals surface area contributed by atoms with E-state index >= 15 is 0 Å². The summed E-state index contributed by atoms with van der Waals surface area (Å²) in [4.78, 5) is 13.0. The highest BCUT2D eigenvalue weighted by molar-refractivity contribution is 9.09. The number of rotatable bonds is 5. The first-order valence-corrected chi connectivity index (χ1v) is 5.15. The topological polar surface area (TPSA) is 20.3 Å². The van der Waals surface area contributed by atoms with Crippen molar-refractivity contribution in [2.24, 2.45) is 0 Å². The lowest BCUT2D eigenvalue weighted by molar-refractivity contribution is -0.130. The van der Waals surface area contributed by atoms with Crippen LogP contribution in [0.25, 0.3) is 0 Å². The molecule has 0 rings (SSSR count). The summed E-state index contributed by atoms with van der Waals surface area (Å²) in [6.45, 7) is 3.22. The van der Waals surface area contributed by atoms with Gasteiger partial charge in [-0.25, -0.2) is 0 Å². The monoisotopic (exact) mass is 231 g/mol. The zero-order chi connectivity index (χ0) is 9.40. The van der Waals surface area contributed by atoms with E-state index in [4.69, 9.17) is 6.42 Å². The van der Waals surface area contributed by atoms with Crippen LogP contribution in [0, 0.1) is 12.3 Å². The third kappa shape index (κ3) is 4.40. The van der Waals surface area contributed by atoms with Crippen LogP contribution in [0.15, 0.2) is 0 Å². The standard InChI is InChI=1S/C9H14BrNO/c1-3-7-11(8-4-2)9(12)5-6-10/h1H,4-8H2,2H3. The van der Waals surface area contributed by atoms with E-state index in [9.17, 15) is 4.79 Å². The summed E-state index contributed by atoms with van der Waals surface area (Å²) in [5.74, 6) is 2.61. The van der Waals surface area contributed by atoms with Crippen LogP contribution in [0.2, 0.25) is 0 Å². The highest BCUT2D eigenvalue weighted by atomic mass is 79.9. The SMILES string of the molecule is C#CCN(CCC)C(=O)CCBr. The molecule has 0 aromatic heterocycles. The van der Waals surface area contributed by atoms with Crippen LogP contribution in [0.1, 0.15) is 19.8 Å². The summed E-state index contributed by atoms with van der Waals surface area (Å²) in [5, 5.41) is 0.705. The Kier molecular flexibility index (Phi) is 6.88. The van der Waals surface area contributed by atoms with Crippen LogP contribution in [0.5, 0.6) is 0 Å². The van der Waals surface area contributed by atoms with Gasteiger partial charge >= 0.3 is 0 Å². The molecule has 0 radical (unpaired) electrons. The van der Waals surface area contributed by atoms with Gasteiger partial charge in [0.15, 0.2) is 0 Å². The van der Waals surface area contributed by atoms with Crippen LogP contribution >= 0.6 is 15.9 Å². The number of hydrogen-bond acceptors (Lipinski definition) is 1. The third-order valence-electron chi connectivity index (χ3n) is 1.44. The van der Waals surface area contributed by atoms with E-state index in [0.717, 1.165) is 13.0 Å². The van der Waals surface area contributed by atoms with Crippen LogP contribution in [0.3, 0.4) is 0 Å². The molecule has 0 heterocycles. The van der Waals surface area contributed by atoms with Gasteiger partial charge < -0.3 is 4.90 Å².